The Labute approximate surface area is 128 Å². The van der Waals surface area contributed by atoms with Crippen molar-refractivity contribution >= 4 is 23.1 Å². The van der Waals surface area contributed by atoms with Crippen molar-refractivity contribution in [2.75, 3.05) is 6.61 Å². The van der Waals surface area contributed by atoms with Gasteiger partial charge in [-0.05, 0) is 49.8 Å². The molecule has 1 aliphatic rings. The van der Waals surface area contributed by atoms with Gasteiger partial charge in [0.05, 0.1) is 6.61 Å². The number of hydrogen-bond donors (Lipinski definition) is 0. The Balaban J connectivity index is 2.23. The third kappa shape index (κ3) is 3.84. The van der Waals surface area contributed by atoms with Gasteiger partial charge < -0.3 is 4.74 Å². The molecule has 0 bridgehead atoms. The van der Waals surface area contributed by atoms with Crippen LogP contribution in [0.1, 0.15) is 44.1 Å². The van der Waals surface area contributed by atoms with E-state index in [1.54, 1.807) is 13.0 Å². The molecule has 2 nitrogen and oxygen atoms in total. The molecule has 0 aromatic heterocycles. The number of benzene rings is 1. The van der Waals surface area contributed by atoms with Crippen molar-refractivity contribution in [1.82, 2.24) is 0 Å². The molecule has 1 aliphatic carbocycles. The van der Waals surface area contributed by atoms with Crippen LogP contribution in [0.2, 0.25) is 0 Å². The second-order valence-electron chi connectivity index (χ2n) is 5.28. The summed E-state index contributed by atoms with van der Waals surface area (Å²) in [4.78, 5) is 12.5. The molecule has 0 amide bonds. The van der Waals surface area contributed by atoms with E-state index < -0.39 is 11.6 Å². The zero-order valence-electron chi connectivity index (χ0n) is 11.9. The van der Waals surface area contributed by atoms with Gasteiger partial charge in [-0.2, -0.15) is 0 Å². The number of carbonyl (C=O) groups is 1. The Morgan fingerprint density at radius 2 is 2.14 bits per heavy atom. The van der Waals surface area contributed by atoms with E-state index >= 15 is 0 Å². The molecular formula is C16H18F2O2S. The second-order valence-corrected chi connectivity index (χ2v) is 5.80. The Morgan fingerprint density at radius 1 is 1.38 bits per heavy atom. The number of rotatable bonds is 4. The van der Waals surface area contributed by atoms with Crippen LogP contribution in [0.4, 0.5) is 8.78 Å². The average molecular weight is 312 g/mol. The van der Waals surface area contributed by atoms with E-state index in [0.717, 1.165) is 30.2 Å². The molecule has 1 aromatic carbocycles. The van der Waals surface area contributed by atoms with Crippen molar-refractivity contribution in [3.05, 3.63) is 35.4 Å². The first-order chi connectivity index (χ1) is 10.0. The van der Waals surface area contributed by atoms with Gasteiger partial charge in [0.1, 0.15) is 0 Å². The SMILES string of the molecule is CCOC(=O)C[C@H]1CCCC(=S)[C@@H]1c1ccc(F)c(F)c1. The summed E-state index contributed by atoms with van der Waals surface area (Å²) in [6, 6.07) is 3.86. The van der Waals surface area contributed by atoms with Gasteiger partial charge in [0.2, 0.25) is 0 Å². The number of thiocarbonyl (C=S) groups is 1. The van der Waals surface area contributed by atoms with Crippen molar-refractivity contribution in [2.24, 2.45) is 5.92 Å². The van der Waals surface area contributed by atoms with Crippen molar-refractivity contribution in [3.8, 4) is 0 Å². The Hall–Kier alpha value is -1.36. The molecule has 21 heavy (non-hydrogen) atoms. The summed E-state index contributed by atoms with van der Waals surface area (Å²) in [6.07, 6.45) is 2.79. The average Bonchev–Trinajstić information content (AvgIpc) is 2.43. The summed E-state index contributed by atoms with van der Waals surface area (Å²) < 4.78 is 31.5. The molecule has 0 saturated heterocycles. The fourth-order valence-corrected chi connectivity index (χ4v) is 3.41. The fourth-order valence-electron chi connectivity index (χ4n) is 2.94. The van der Waals surface area contributed by atoms with Crippen LogP contribution in [0, 0.1) is 17.6 Å². The zero-order valence-corrected chi connectivity index (χ0v) is 12.7. The van der Waals surface area contributed by atoms with E-state index in [4.69, 9.17) is 17.0 Å². The molecule has 1 fully saturated rings. The minimum absolute atomic E-state index is 0.00448. The summed E-state index contributed by atoms with van der Waals surface area (Å²) in [7, 11) is 0. The number of ether oxygens (including phenoxy) is 1. The van der Waals surface area contributed by atoms with Crippen molar-refractivity contribution < 1.29 is 18.3 Å². The van der Waals surface area contributed by atoms with Gasteiger partial charge in [-0.25, -0.2) is 8.78 Å². The highest BCUT2D eigenvalue weighted by Gasteiger charge is 2.32. The maximum absolute atomic E-state index is 13.5. The smallest absolute Gasteiger partial charge is 0.306 e. The summed E-state index contributed by atoms with van der Waals surface area (Å²) >= 11 is 5.41. The highest BCUT2D eigenvalue weighted by atomic mass is 32.1. The second kappa shape index (κ2) is 7.07. The molecule has 0 spiro atoms. The van der Waals surface area contributed by atoms with E-state index in [9.17, 15) is 13.6 Å². The van der Waals surface area contributed by atoms with Crippen molar-refractivity contribution in [2.45, 2.75) is 38.5 Å². The molecule has 5 heteroatoms. The predicted molar refractivity (Wildman–Crippen MR) is 80.3 cm³/mol. The van der Waals surface area contributed by atoms with Crippen LogP contribution in [0.15, 0.2) is 18.2 Å². The molecule has 1 aromatic rings. The number of carbonyl (C=O) groups excluding carboxylic acids is 1. The maximum atomic E-state index is 13.5. The topological polar surface area (TPSA) is 26.3 Å². The van der Waals surface area contributed by atoms with Gasteiger partial charge in [-0.15, -0.1) is 0 Å². The molecular weight excluding hydrogens is 294 g/mol. The third-order valence-electron chi connectivity index (χ3n) is 3.85. The predicted octanol–water partition coefficient (Wildman–Crippen LogP) is 4.17. The minimum atomic E-state index is -0.879. The lowest BCUT2D eigenvalue weighted by molar-refractivity contribution is -0.144. The minimum Gasteiger partial charge on any atom is -0.466 e. The van der Waals surface area contributed by atoms with Crippen LogP contribution in [-0.2, 0) is 9.53 Å². The molecule has 2 atom stereocenters. The van der Waals surface area contributed by atoms with Crippen LogP contribution in [0.25, 0.3) is 0 Å². The third-order valence-corrected chi connectivity index (χ3v) is 4.31. The monoisotopic (exact) mass is 312 g/mol. The highest BCUT2D eigenvalue weighted by molar-refractivity contribution is 7.80. The van der Waals surface area contributed by atoms with Gasteiger partial charge in [0.25, 0.3) is 0 Å². The van der Waals surface area contributed by atoms with Crippen molar-refractivity contribution in [3.63, 3.8) is 0 Å². The lowest BCUT2D eigenvalue weighted by Gasteiger charge is -2.32. The molecule has 0 radical (unpaired) electrons. The van der Waals surface area contributed by atoms with Crippen LogP contribution in [0.3, 0.4) is 0 Å². The first-order valence-electron chi connectivity index (χ1n) is 7.16. The van der Waals surface area contributed by atoms with Gasteiger partial charge >= 0.3 is 5.97 Å². The Morgan fingerprint density at radius 3 is 2.81 bits per heavy atom. The largest absolute Gasteiger partial charge is 0.466 e. The Bertz CT molecular complexity index is 545. The normalized spacial score (nSPS) is 22.1. The van der Waals surface area contributed by atoms with Gasteiger partial charge in [-0.1, -0.05) is 18.3 Å². The summed E-state index contributed by atoms with van der Waals surface area (Å²) in [5, 5.41) is 0. The quantitative estimate of drug-likeness (QED) is 0.616. The van der Waals surface area contributed by atoms with Crippen LogP contribution >= 0.6 is 12.2 Å². The zero-order chi connectivity index (χ0) is 15.4. The van der Waals surface area contributed by atoms with Gasteiger partial charge in [0, 0.05) is 17.2 Å². The van der Waals surface area contributed by atoms with E-state index in [1.165, 1.54) is 6.07 Å². The highest BCUT2D eigenvalue weighted by Crippen LogP contribution is 2.38. The first-order valence-corrected chi connectivity index (χ1v) is 7.57. The van der Waals surface area contributed by atoms with Crippen LogP contribution in [0.5, 0.6) is 0 Å². The maximum Gasteiger partial charge on any atom is 0.306 e. The number of hydrogen-bond acceptors (Lipinski definition) is 3. The van der Waals surface area contributed by atoms with Crippen LogP contribution in [-0.4, -0.2) is 17.4 Å². The van der Waals surface area contributed by atoms with Crippen LogP contribution < -0.4 is 0 Å². The summed E-state index contributed by atoms with van der Waals surface area (Å²) in [6.45, 7) is 2.10. The van der Waals surface area contributed by atoms with E-state index in [-0.39, 0.29) is 24.2 Å². The fraction of sp³-hybridized carbons (Fsp3) is 0.500. The molecule has 2 rings (SSSR count). The van der Waals surface area contributed by atoms with Gasteiger partial charge in [-0.3, -0.25) is 4.79 Å². The van der Waals surface area contributed by atoms with Crippen molar-refractivity contribution in [1.29, 1.82) is 0 Å². The number of esters is 1. The van der Waals surface area contributed by atoms with E-state index in [1.807, 2.05) is 0 Å². The van der Waals surface area contributed by atoms with Gasteiger partial charge in [0.15, 0.2) is 11.6 Å². The molecule has 1 saturated carbocycles. The number of halogens is 2. The summed E-state index contributed by atoms with van der Waals surface area (Å²) in [5.41, 5.74) is 0.646. The molecule has 114 valence electrons. The van der Waals surface area contributed by atoms with E-state index in [2.05, 4.69) is 0 Å². The molecule has 0 heterocycles. The standard InChI is InChI=1S/C16H18F2O2S/c1-2-20-15(19)9-10-4-3-5-14(21)16(10)11-6-7-12(17)13(18)8-11/h6-8,10,16H,2-5,9H2,1H3/t10-,16+/m1/s1. The lowest BCUT2D eigenvalue weighted by Crippen LogP contribution is -2.28. The summed E-state index contributed by atoms with van der Waals surface area (Å²) in [5.74, 6) is -2.21. The van der Waals surface area contributed by atoms with E-state index in [0.29, 0.717) is 12.2 Å². The molecule has 0 N–H and O–H groups in total. The molecule has 0 unspecified atom stereocenters. The Kier molecular flexibility index (Phi) is 5.39. The molecule has 0 aliphatic heterocycles. The first kappa shape index (κ1) is 16.0. The lowest BCUT2D eigenvalue weighted by atomic mass is 9.74.